The first-order valence-electron chi connectivity index (χ1n) is 11.0. The van der Waals surface area contributed by atoms with Gasteiger partial charge in [0.2, 0.25) is 0 Å². The van der Waals surface area contributed by atoms with Crippen LogP contribution in [0.1, 0.15) is 117 Å². The molecule has 0 spiro atoms. The van der Waals surface area contributed by atoms with Crippen molar-refractivity contribution in [3.05, 3.63) is 0 Å². The molecule has 1 nitrogen and oxygen atoms in total. The first-order valence-corrected chi connectivity index (χ1v) is 15.5. The fourth-order valence-electron chi connectivity index (χ4n) is 2.65. The molecule has 0 bridgehead atoms. The zero-order chi connectivity index (χ0) is 18.4. The quantitative estimate of drug-likeness (QED) is 0.138. The maximum atomic E-state index is 6.27. The van der Waals surface area contributed by atoms with Crippen LogP contribution in [0.4, 0.5) is 0 Å². The lowest BCUT2D eigenvalue weighted by atomic mass is 10.2. The van der Waals surface area contributed by atoms with Crippen molar-refractivity contribution in [2.75, 3.05) is 18.1 Å². The maximum Gasteiger partial charge on any atom is 0.151 e. The predicted molar refractivity (Wildman–Crippen MR) is 124 cm³/mol. The largest absolute Gasteiger partial charge is 0.339 e. The smallest absolute Gasteiger partial charge is 0.151 e. The summed E-state index contributed by atoms with van der Waals surface area (Å²) < 4.78 is 6.27. The van der Waals surface area contributed by atoms with Crippen molar-refractivity contribution >= 4 is 29.3 Å². The van der Waals surface area contributed by atoms with Crippen molar-refractivity contribution < 1.29 is 4.52 Å². The molecule has 0 N–H and O–H groups in total. The normalized spacial score (nSPS) is 11.5. The third-order valence-corrected chi connectivity index (χ3v) is 11.0. The van der Waals surface area contributed by atoms with E-state index in [4.69, 9.17) is 4.52 Å². The number of rotatable bonds is 21. The van der Waals surface area contributed by atoms with Gasteiger partial charge in [-0.25, -0.2) is 0 Å². The van der Waals surface area contributed by atoms with E-state index in [2.05, 4.69) is 43.5 Å². The molecule has 0 saturated heterocycles. The van der Waals surface area contributed by atoms with Gasteiger partial charge in [-0.15, -0.1) is 0 Å². The Bertz CT molecular complexity index is 204. The Kier molecular flexibility index (Phi) is 24.1. The fraction of sp³-hybridized carbons (Fsp3) is 1.00. The molecule has 0 fully saturated rings. The van der Waals surface area contributed by atoms with E-state index in [0.29, 0.717) is 0 Å². The van der Waals surface area contributed by atoms with Crippen LogP contribution in [-0.2, 0) is 4.52 Å². The molecule has 0 saturated carbocycles. The summed E-state index contributed by atoms with van der Waals surface area (Å²) in [6.07, 6.45) is 20.6. The minimum absolute atomic E-state index is 0.301. The van der Waals surface area contributed by atoms with E-state index in [1.54, 1.807) is 0 Å². The van der Waals surface area contributed by atoms with Crippen molar-refractivity contribution in [3.8, 4) is 0 Å². The van der Waals surface area contributed by atoms with Gasteiger partial charge in [0.25, 0.3) is 0 Å². The van der Waals surface area contributed by atoms with Crippen LogP contribution in [0.15, 0.2) is 0 Å². The molecule has 0 atom stereocenters. The van der Waals surface area contributed by atoms with Crippen LogP contribution in [0.25, 0.3) is 0 Å². The van der Waals surface area contributed by atoms with E-state index < -0.39 is 0 Å². The van der Waals surface area contributed by atoms with Gasteiger partial charge in [-0.3, -0.25) is 0 Å². The summed E-state index contributed by atoms with van der Waals surface area (Å²) >= 11 is 4.24. The highest BCUT2D eigenvalue weighted by molar-refractivity contribution is 8.86. The van der Waals surface area contributed by atoms with Gasteiger partial charge in [0, 0.05) is 11.5 Å². The Labute approximate surface area is 168 Å². The van der Waals surface area contributed by atoms with E-state index in [9.17, 15) is 0 Å². The van der Waals surface area contributed by atoms with E-state index >= 15 is 0 Å². The topological polar surface area (TPSA) is 9.23 Å². The number of unbranched alkanes of at least 4 members (excludes halogenated alkanes) is 12. The lowest BCUT2D eigenvalue weighted by molar-refractivity contribution is 0.349. The van der Waals surface area contributed by atoms with Crippen LogP contribution in [0.2, 0.25) is 0 Å². The van der Waals surface area contributed by atoms with Crippen molar-refractivity contribution in [3.63, 3.8) is 0 Å². The minimum Gasteiger partial charge on any atom is -0.339 e. The Morgan fingerprint density at radius 2 is 0.920 bits per heavy atom. The van der Waals surface area contributed by atoms with Crippen LogP contribution in [0, 0.1) is 0 Å². The van der Waals surface area contributed by atoms with E-state index in [1.807, 2.05) is 0 Å². The van der Waals surface area contributed by atoms with Crippen molar-refractivity contribution in [2.45, 2.75) is 117 Å². The molecule has 152 valence electrons. The molecule has 0 aliphatic carbocycles. The average molecular weight is 409 g/mol. The van der Waals surface area contributed by atoms with Gasteiger partial charge in [-0.05, 0) is 19.3 Å². The summed E-state index contributed by atoms with van der Waals surface area (Å²) in [6, 6.07) is 0. The van der Waals surface area contributed by atoms with Gasteiger partial charge < -0.3 is 4.52 Å². The Morgan fingerprint density at radius 1 is 0.520 bits per heavy atom. The molecule has 0 radical (unpaired) electrons. The first-order chi connectivity index (χ1) is 12.3. The van der Waals surface area contributed by atoms with E-state index in [-0.39, 0.29) is 6.55 Å². The van der Waals surface area contributed by atoms with Gasteiger partial charge in [-0.2, -0.15) is 0 Å². The molecule has 0 rings (SSSR count). The molecule has 0 aromatic heterocycles. The van der Waals surface area contributed by atoms with Crippen molar-refractivity contribution in [1.82, 2.24) is 0 Å². The fourth-order valence-corrected chi connectivity index (χ4v) is 8.91. The molecule has 0 unspecified atom stereocenters. The Balaban J connectivity index is 3.76. The SMILES string of the molecule is CCCCCCCOP(SCCCCCCC)SCCCCCCC. The molecule has 0 aliphatic heterocycles. The van der Waals surface area contributed by atoms with Gasteiger partial charge in [0.1, 0.15) is 0 Å². The lowest BCUT2D eigenvalue weighted by Gasteiger charge is -2.16. The summed E-state index contributed by atoms with van der Waals surface area (Å²) in [4.78, 5) is 0. The molecular weight excluding hydrogens is 363 g/mol. The summed E-state index contributed by atoms with van der Waals surface area (Å²) in [6.45, 7) is 7.55. The second-order valence-corrected chi connectivity index (χ2v) is 13.2. The van der Waals surface area contributed by atoms with Gasteiger partial charge in [-0.1, -0.05) is 121 Å². The molecule has 4 heteroatoms. The zero-order valence-corrected chi connectivity index (χ0v) is 19.9. The zero-order valence-electron chi connectivity index (χ0n) is 17.4. The maximum absolute atomic E-state index is 6.27. The van der Waals surface area contributed by atoms with Crippen LogP contribution in [-0.4, -0.2) is 18.1 Å². The monoisotopic (exact) mass is 408 g/mol. The Hall–Kier alpha value is 1.09. The highest BCUT2D eigenvalue weighted by Gasteiger charge is 2.10. The lowest BCUT2D eigenvalue weighted by Crippen LogP contribution is -1.90. The average Bonchev–Trinajstić information content (AvgIpc) is 2.63. The Morgan fingerprint density at radius 3 is 1.36 bits per heavy atom. The summed E-state index contributed by atoms with van der Waals surface area (Å²) in [5, 5.41) is 0. The van der Waals surface area contributed by atoms with Crippen molar-refractivity contribution in [1.29, 1.82) is 0 Å². The van der Waals surface area contributed by atoms with Crippen LogP contribution in [0.3, 0.4) is 0 Å². The first kappa shape index (κ1) is 26.1. The number of hydrogen-bond acceptors (Lipinski definition) is 3. The second-order valence-electron chi connectivity index (χ2n) is 6.97. The van der Waals surface area contributed by atoms with Crippen LogP contribution < -0.4 is 0 Å². The molecular formula is C21H45OPS2. The van der Waals surface area contributed by atoms with Gasteiger partial charge >= 0.3 is 0 Å². The summed E-state index contributed by atoms with van der Waals surface area (Å²) in [5.41, 5.74) is 0. The van der Waals surface area contributed by atoms with Crippen LogP contribution in [0.5, 0.6) is 0 Å². The van der Waals surface area contributed by atoms with Gasteiger partial charge in [0.15, 0.2) is 6.55 Å². The highest BCUT2D eigenvalue weighted by Crippen LogP contribution is 2.62. The molecule has 0 heterocycles. The second kappa shape index (κ2) is 23.1. The third kappa shape index (κ3) is 21.2. The standard InChI is InChI=1S/C21H45OPS2/c1-4-7-10-13-16-19-22-23(24-20-17-14-11-8-5-2)25-21-18-15-12-9-6-3/h4-21H2,1-3H3. The molecule has 0 aromatic rings. The van der Waals surface area contributed by atoms with Crippen LogP contribution >= 0.6 is 29.3 Å². The minimum atomic E-state index is -0.301. The molecule has 25 heavy (non-hydrogen) atoms. The highest BCUT2D eigenvalue weighted by atomic mass is 33.1. The summed E-state index contributed by atoms with van der Waals surface area (Å²) in [7, 11) is 0. The van der Waals surface area contributed by atoms with E-state index in [1.165, 1.54) is 108 Å². The number of hydrogen-bond donors (Lipinski definition) is 0. The molecule has 0 amide bonds. The van der Waals surface area contributed by atoms with Gasteiger partial charge in [0.05, 0.1) is 6.61 Å². The predicted octanol–water partition coefficient (Wildman–Crippen LogP) is 9.61. The summed E-state index contributed by atoms with van der Waals surface area (Å²) in [5.74, 6) is 2.60. The molecule has 0 aliphatic rings. The van der Waals surface area contributed by atoms with Crippen molar-refractivity contribution in [2.24, 2.45) is 0 Å². The third-order valence-electron chi connectivity index (χ3n) is 4.33. The molecule has 0 aromatic carbocycles. The van der Waals surface area contributed by atoms with E-state index in [0.717, 1.165) is 6.61 Å².